The predicted octanol–water partition coefficient (Wildman–Crippen LogP) is 5.81. The summed E-state index contributed by atoms with van der Waals surface area (Å²) in [5, 5.41) is 16.2. The molecule has 53 heavy (non-hydrogen) atoms. The molecule has 0 aliphatic carbocycles. The van der Waals surface area contributed by atoms with Crippen molar-refractivity contribution < 1.29 is 43.2 Å². The second-order valence-electron chi connectivity index (χ2n) is 13.6. The van der Waals surface area contributed by atoms with Gasteiger partial charge in [-0.25, -0.2) is 9.69 Å². The highest BCUT2D eigenvalue weighted by atomic mass is 16.7. The van der Waals surface area contributed by atoms with E-state index in [1.807, 2.05) is 0 Å². The van der Waals surface area contributed by atoms with Gasteiger partial charge in [-0.3, -0.25) is 14.4 Å². The van der Waals surface area contributed by atoms with Gasteiger partial charge in [0.1, 0.15) is 5.69 Å². The standard InChI is InChI=1S/C38H48N6O9/c1-42-23-26(20-30(42)35(46)41-25-15-13-24(39)14-16-25)40-33(45)11-4-3-8-18-51-32-22-29-27(21-31(32)50-2)36(47)43-17-7-5-10-28(43)37(44(29)38(48)49)53-34-12-6-9-19-52-34/h13-16,20-23,28,34,37H,3-12,17-19,39H2,1-2H3,(H,40,45)(H,41,46)(H,48,49)/t28-,34?,37-/m0/s1. The van der Waals surface area contributed by atoms with E-state index in [0.29, 0.717) is 79.5 Å². The van der Waals surface area contributed by atoms with Crippen LogP contribution in [0.2, 0.25) is 0 Å². The molecule has 0 bridgehead atoms. The number of methoxy groups -OCH3 is 1. The van der Waals surface area contributed by atoms with Crippen LogP contribution in [0.25, 0.3) is 0 Å². The molecule has 2 aromatic carbocycles. The molecule has 0 radical (unpaired) electrons. The van der Waals surface area contributed by atoms with Gasteiger partial charge in [0, 0.05) is 50.3 Å². The van der Waals surface area contributed by atoms with Crippen LogP contribution in [0.4, 0.5) is 27.5 Å². The number of nitrogen functional groups attached to an aromatic ring is 1. The van der Waals surface area contributed by atoms with E-state index < -0.39 is 24.7 Å². The van der Waals surface area contributed by atoms with Crippen molar-refractivity contribution in [1.82, 2.24) is 9.47 Å². The molecule has 2 saturated heterocycles. The number of carbonyl (C=O) groups excluding carboxylic acids is 3. The number of nitrogens with one attached hydrogen (secondary N) is 2. The number of aryl methyl sites for hydroxylation is 1. The van der Waals surface area contributed by atoms with E-state index in [0.717, 1.165) is 30.6 Å². The molecule has 1 unspecified atom stereocenters. The van der Waals surface area contributed by atoms with Gasteiger partial charge >= 0.3 is 6.09 Å². The summed E-state index contributed by atoms with van der Waals surface area (Å²) >= 11 is 0. The molecule has 15 heteroatoms. The van der Waals surface area contributed by atoms with Gasteiger partial charge in [-0.1, -0.05) is 0 Å². The van der Waals surface area contributed by atoms with Gasteiger partial charge in [-0.05, 0) is 94.2 Å². The molecule has 6 rings (SSSR count). The largest absolute Gasteiger partial charge is 0.493 e. The Balaban J connectivity index is 1.05. The van der Waals surface area contributed by atoms with Crippen molar-refractivity contribution in [1.29, 1.82) is 0 Å². The Morgan fingerprint density at radius 3 is 2.49 bits per heavy atom. The summed E-state index contributed by atoms with van der Waals surface area (Å²) in [5.74, 6) is -0.155. The summed E-state index contributed by atoms with van der Waals surface area (Å²) in [6.45, 7) is 1.30. The first kappa shape index (κ1) is 37.5. The van der Waals surface area contributed by atoms with E-state index in [9.17, 15) is 24.3 Å². The third-order valence-corrected chi connectivity index (χ3v) is 9.80. The predicted molar refractivity (Wildman–Crippen MR) is 197 cm³/mol. The molecule has 4 amide bonds. The lowest BCUT2D eigenvalue weighted by Crippen LogP contribution is -2.57. The average Bonchev–Trinajstić information content (AvgIpc) is 3.48. The van der Waals surface area contributed by atoms with Gasteiger partial charge in [0.2, 0.25) is 5.91 Å². The first-order valence-corrected chi connectivity index (χ1v) is 18.2. The molecule has 0 saturated carbocycles. The quantitative estimate of drug-likeness (QED) is 0.123. The van der Waals surface area contributed by atoms with Crippen LogP contribution in [0, 0.1) is 0 Å². The minimum Gasteiger partial charge on any atom is -0.493 e. The van der Waals surface area contributed by atoms with Crippen molar-refractivity contribution in [2.45, 2.75) is 82.8 Å². The number of benzene rings is 2. The maximum Gasteiger partial charge on any atom is 0.414 e. The summed E-state index contributed by atoms with van der Waals surface area (Å²) in [6.07, 6.45) is 5.81. The Labute approximate surface area is 308 Å². The van der Waals surface area contributed by atoms with Crippen molar-refractivity contribution in [2.75, 3.05) is 48.1 Å². The molecule has 5 N–H and O–H groups in total. The van der Waals surface area contributed by atoms with Crippen LogP contribution in [0.15, 0.2) is 48.7 Å². The Morgan fingerprint density at radius 1 is 0.962 bits per heavy atom. The number of carboxylic acid groups (broad SMARTS) is 1. The normalized spacial score (nSPS) is 19.8. The maximum absolute atomic E-state index is 14.0. The second-order valence-corrected chi connectivity index (χ2v) is 13.6. The van der Waals surface area contributed by atoms with E-state index in [1.165, 1.54) is 7.11 Å². The Morgan fingerprint density at radius 2 is 1.75 bits per heavy atom. The Bertz CT molecular complexity index is 1790. The third-order valence-electron chi connectivity index (χ3n) is 9.80. The van der Waals surface area contributed by atoms with Crippen LogP contribution in [0.3, 0.4) is 0 Å². The van der Waals surface area contributed by atoms with E-state index in [2.05, 4.69) is 10.6 Å². The van der Waals surface area contributed by atoms with Crippen LogP contribution in [-0.2, 0) is 21.3 Å². The molecule has 284 valence electrons. The van der Waals surface area contributed by atoms with Crippen LogP contribution in [0.5, 0.6) is 11.5 Å². The molecule has 4 heterocycles. The molecule has 1 aromatic heterocycles. The fraction of sp³-hybridized carbons (Fsp3) is 0.474. The highest BCUT2D eigenvalue weighted by Crippen LogP contribution is 2.42. The van der Waals surface area contributed by atoms with Crippen molar-refractivity contribution in [3.63, 3.8) is 0 Å². The van der Waals surface area contributed by atoms with E-state index in [1.54, 1.807) is 65.2 Å². The maximum atomic E-state index is 14.0. The van der Waals surface area contributed by atoms with Gasteiger partial charge < -0.3 is 49.9 Å². The molecule has 2 fully saturated rings. The fourth-order valence-corrected chi connectivity index (χ4v) is 7.09. The lowest BCUT2D eigenvalue weighted by Gasteiger charge is -2.42. The molecule has 15 nitrogen and oxygen atoms in total. The van der Waals surface area contributed by atoms with Crippen molar-refractivity contribution in [3.05, 3.63) is 59.9 Å². The Kier molecular flexibility index (Phi) is 12.0. The second kappa shape index (κ2) is 17.0. The lowest BCUT2D eigenvalue weighted by molar-refractivity contribution is -0.198. The number of ether oxygens (including phenoxy) is 4. The summed E-state index contributed by atoms with van der Waals surface area (Å²) < 4.78 is 25.6. The zero-order valence-electron chi connectivity index (χ0n) is 30.2. The van der Waals surface area contributed by atoms with Crippen LogP contribution >= 0.6 is 0 Å². The van der Waals surface area contributed by atoms with Crippen LogP contribution < -0.4 is 30.7 Å². The molecule has 0 spiro atoms. The minimum absolute atomic E-state index is 0.178. The number of aromatic nitrogens is 1. The van der Waals surface area contributed by atoms with E-state index in [-0.39, 0.29) is 42.0 Å². The number of unbranched alkanes of at least 4 members (excludes halogenated alkanes) is 2. The minimum atomic E-state index is -1.24. The van der Waals surface area contributed by atoms with Crippen molar-refractivity contribution >= 4 is 46.6 Å². The number of hydrogen-bond donors (Lipinski definition) is 4. The number of piperidine rings is 1. The van der Waals surface area contributed by atoms with Crippen molar-refractivity contribution in [2.24, 2.45) is 7.05 Å². The van der Waals surface area contributed by atoms with Gasteiger partial charge in [0.05, 0.1) is 36.7 Å². The summed E-state index contributed by atoms with van der Waals surface area (Å²) in [5.41, 5.74) is 8.21. The topological polar surface area (TPSA) is 187 Å². The van der Waals surface area contributed by atoms with Gasteiger partial charge in [0.25, 0.3) is 11.8 Å². The van der Waals surface area contributed by atoms with Crippen LogP contribution in [-0.4, -0.2) is 83.8 Å². The number of carbonyl (C=O) groups is 4. The monoisotopic (exact) mass is 732 g/mol. The zero-order chi connectivity index (χ0) is 37.5. The number of anilines is 4. The first-order chi connectivity index (χ1) is 25.6. The summed E-state index contributed by atoms with van der Waals surface area (Å²) in [7, 11) is 3.20. The number of rotatable bonds is 13. The molecule has 3 atom stereocenters. The third kappa shape index (κ3) is 8.86. The van der Waals surface area contributed by atoms with Gasteiger partial charge in [0.15, 0.2) is 24.0 Å². The van der Waals surface area contributed by atoms with Gasteiger partial charge in [-0.2, -0.15) is 0 Å². The van der Waals surface area contributed by atoms with E-state index in [4.69, 9.17) is 24.7 Å². The number of nitrogens with two attached hydrogens (primary N) is 1. The Hall–Kier alpha value is -5.28. The van der Waals surface area contributed by atoms with E-state index >= 15 is 0 Å². The SMILES string of the molecule is COc1cc2c(cc1OCCCCCC(=O)Nc1cc(C(=O)Nc3ccc(N)cc3)n(C)c1)N(C(=O)O)[C@@H](OC1CCCCO1)[C@@H]1CCCCN1C2=O. The van der Waals surface area contributed by atoms with Crippen LogP contribution in [0.1, 0.15) is 85.1 Å². The molecule has 3 aliphatic heterocycles. The number of amides is 4. The number of fused-ring (bicyclic) bond motifs is 2. The van der Waals surface area contributed by atoms with Gasteiger partial charge in [-0.15, -0.1) is 0 Å². The fourth-order valence-electron chi connectivity index (χ4n) is 7.09. The summed E-state index contributed by atoms with van der Waals surface area (Å²) in [4.78, 5) is 55.2. The summed E-state index contributed by atoms with van der Waals surface area (Å²) in [6, 6.07) is 11.1. The highest BCUT2D eigenvalue weighted by Gasteiger charge is 2.46. The molecular weight excluding hydrogens is 684 g/mol. The number of hydrogen-bond acceptors (Lipinski definition) is 9. The average molecular weight is 733 g/mol. The molecule has 3 aliphatic rings. The number of nitrogens with zero attached hydrogens (tertiary/aromatic N) is 3. The highest BCUT2D eigenvalue weighted by molar-refractivity contribution is 6.06. The van der Waals surface area contributed by atoms with Crippen molar-refractivity contribution in [3.8, 4) is 11.5 Å². The lowest BCUT2D eigenvalue weighted by atomic mass is 10.00. The zero-order valence-corrected chi connectivity index (χ0v) is 30.2. The molecule has 3 aromatic rings. The smallest absolute Gasteiger partial charge is 0.414 e. The molecular formula is C38H48N6O9. The first-order valence-electron chi connectivity index (χ1n) is 18.2.